The molecule has 2 aliphatic heterocycles. The quantitative estimate of drug-likeness (QED) is 0.147. The summed E-state index contributed by atoms with van der Waals surface area (Å²) in [7, 11) is 0. The fourth-order valence-corrected chi connectivity index (χ4v) is 5.84. The number of carbonyl (C=O) groups is 2. The maximum atomic E-state index is 12.6. The van der Waals surface area contributed by atoms with Crippen LogP contribution in [0, 0.1) is 0 Å². The number of hydroxylamine groups is 4. The number of hydrogen-bond donors (Lipinski definition) is 2. The lowest BCUT2D eigenvalue weighted by molar-refractivity contribution is -0.167. The molecule has 10 heteroatoms. The van der Waals surface area contributed by atoms with Gasteiger partial charge in [0.15, 0.2) is 0 Å². The molecule has 2 N–H and O–H groups in total. The smallest absolute Gasteiger partial charge is 0.333 e. The summed E-state index contributed by atoms with van der Waals surface area (Å²) < 4.78 is 0. The highest BCUT2D eigenvalue weighted by molar-refractivity contribution is 5.97. The van der Waals surface area contributed by atoms with E-state index in [4.69, 9.17) is 9.68 Å². The molecule has 0 saturated heterocycles. The van der Waals surface area contributed by atoms with E-state index in [1.54, 1.807) is 0 Å². The van der Waals surface area contributed by atoms with Crippen LogP contribution in [0.25, 0.3) is 0 Å². The van der Waals surface area contributed by atoms with Crippen molar-refractivity contribution in [3.8, 4) is 0 Å². The van der Waals surface area contributed by atoms with Gasteiger partial charge in [0, 0.05) is 23.5 Å². The van der Waals surface area contributed by atoms with E-state index >= 15 is 0 Å². The third-order valence-electron chi connectivity index (χ3n) is 8.89. The van der Waals surface area contributed by atoms with Crippen LogP contribution in [0.15, 0.2) is 119 Å². The van der Waals surface area contributed by atoms with Crippen molar-refractivity contribution in [1.82, 2.24) is 10.1 Å². The Morgan fingerprint density at radius 2 is 0.904 bits per heavy atom. The molecule has 2 heterocycles. The fourth-order valence-electron chi connectivity index (χ4n) is 5.84. The van der Waals surface area contributed by atoms with Crippen LogP contribution in [0.3, 0.4) is 0 Å². The van der Waals surface area contributed by atoms with Gasteiger partial charge in [0.2, 0.25) is 11.9 Å². The molecule has 0 spiro atoms. The zero-order valence-corrected chi connectivity index (χ0v) is 30.2. The van der Waals surface area contributed by atoms with Crippen molar-refractivity contribution in [2.75, 3.05) is 36.8 Å². The molecule has 0 saturated carbocycles. The molecule has 0 amide bonds. The van der Waals surface area contributed by atoms with Gasteiger partial charge in [-0.25, -0.2) is 19.6 Å². The Balaban J connectivity index is 0.938. The molecule has 0 fully saturated rings. The number of benzene rings is 4. The summed E-state index contributed by atoms with van der Waals surface area (Å²) in [6.07, 6.45) is 3.75. The highest BCUT2D eigenvalue weighted by atomic mass is 16.7. The van der Waals surface area contributed by atoms with Crippen LogP contribution in [0.5, 0.6) is 0 Å². The van der Waals surface area contributed by atoms with Crippen molar-refractivity contribution in [3.63, 3.8) is 0 Å². The molecule has 6 rings (SSSR count). The second kappa shape index (κ2) is 16.9. The topological polar surface area (TPSA) is 108 Å². The maximum Gasteiger partial charge on any atom is 0.356 e. The number of rotatable bonds is 12. The average molecular weight is 699 g/mol. The van der Waals surface area contributed by atoms with E-state index in [9.17, 15) is 9.59 Å². The zero-order chi connectivity index (χ0) is 36.5. The van der Waals surface area contributed by atoms with Crippen molar-refractivity contribution < 1.29 is 19.3 Å². The molecule has 4 aromatic rings. The average Bonchev–Trinajstić information content (AvgIpc) is 3.77. The van der Waals surface area contributed by atoms with E-state index in [-0.39, 0.29) is 0 Å². The highest BCUT2D eigenvalue weighted by Gasteiger charge is 2.23. The second-order valence-corrected chi connectivity index (χ2v) is 13.6. The third kappa shape index (κ3) is 9.87. The van der Waals surface area contributed by atoms with Crippen molar-refractivity contribution in [1.29, 1.82) is 0 Å². The van der Waals surface area contributed by atoms with Gasteiger partial charge in [-0.05, 0) is 82.3 Å². The van der Waals surface area contributed by atoms with Crippen molar-refractivity contribution in [2.45, 2.75) is 52.4 Å². The van der Waals surface area contributed by atoms with Crippen LogP contribution in [-0.4, -0.2) is 60.2 Å². The molecule has 4 aromatic carbocycles. The summed E-state index contributed by atoms with van der Waals surface area (Å²) in [6, 6.07) is 33.6. The van der Waals surface area contributed by atoms with Crippen LogP contribution in [-0.2, 0) is 32.1 Å². The van der Waals surface area contributed by atoms with E-state index in [2.05, 4.69) is 121 Å². The number of nitrogens with zero attached hydrogens (tertiary/aromatic N) is 4. The molecule has 0 aromatic heterocycles. The third-order valence-corrected chi connectivity index (χ3v) is 8.89. The van der Waals surface area contributed by atoms with Crippen molar-refractivity contribution >= 4 is 35.2 Å². The molecule has 0 aliphatic carbocycles. The number of nitrogens with one attached hydrogen (secondary N) is 2. The van der Waals surface area contributed by atoms with Gasteiger partial charge in [-0.1, -0.05) is 100 Å². The Bertz CT molecular complexity index is 1770. The molecule has 0 unspecified atom stereocenters. The fraction of sp³-hybridized carbons (Fsp3) is 0.286. The summed E-state index contributed by atoms with van der Waals surface area (Å²) >= 11 is 0. The van der Waals surface area contributed by atoms with E-state index in [0.29, 0.717) is 49.9 Å². The summed E-state index contributed by atoms with van der Waals surface area (Å²) in [5.41, 5.74) is 9.19. The lowest BCUT2D eigenvalue weighted by Gasteiger charge is -2.19. The number of aliphatic imine (C=N–C) groups is 2. The number of carbonyl (C=O) groups excluding carboxylic acids is 2. The van der Waals surface area contributed by atoms with Crippen LogP contribution in [0.4, 0.5) is 11.4 Å². The number of guanidine groups is 2. The van der Waals surface area contributed by atoms with Gasteiger partial charge in [-0.3, -0.25) is 0 Å². The minimum atomic E-state index is -0.725. The summed E-state index contributed by atoms with van der Waals surface area (Å²) in [5.74, 6) is 0.400. The molecule has 268 valence electrons. The molecule has 0 bridgehead atoms. The minimum Gasteiger partial charge on any atom is -0.333 e. The first kappa shape index (κ1) is 35.9. The normalized spacial score (nSPS) is 14.2. The minimum absolute atomic E-state index is 0.391. The van der Waals surface area contributed by atoms with Gasteiger partial charge < -0.3 is 20.3 Å². The first-order valence-corrected chi connectivity index (χ1v) is 17.8. The van der Waals surface area contributed by atoms with Gasteiger partial charge in [-0.2, -0.15) is 10.1 Å². The summed E-state index contributed by atoms with van der Waals surface area (Å²) in [4.78, 5) is 45.0. The van der Waals surface area contributed by atoms with Crippen LogP contribution in [0.2, 0.25) is 0 Å². The predicted molar refractivity (Wildman–Crippen MR) is 206 cm³/mol. The largest absolute Gasteiger partial charge is 0.356 e. The molecule has 10 nitrogen and oxygen atoms in total. The molecular formula is C42H46N6O4. The molecular weight excluding hydrogens is 652 g/mol. The molecule has 2 aliphatic rings. The van der Waals surface area contributed by atoms with Gasteiger partial charge in [0.25, 0.3) is 0 Å². The van der Waals surface area contributed by atoms with Gasteiger partial charge in [0.05, 0.1) is 26.2 Å². The predicted octanol–water partition coefficient (Wildman–Crippen LogP) is 7.45. The SMILES string of the molecule is CC(C)c1ccc(Cc2ccc(NC3=NCCN3OC(=O)/C=C/C(=O)ON3CCN=C3Nc3ccc(Cc4ccc(C(C)C)cc4)cc3)cc2)cc1. The summed E-state index contributed by atoms with van der Waals surface area (Å²) in [6.45, 7) is 10.5. The van der Waals surface area contributed by atoms with Crippen LogP contribution < -0.4 is 10.6 Å². The van der Waals surface area contributed by atoms with E-state index in [1.165, 1.54) is 43.5 Å². The van der Waals surface area contributed by atoms with Crippen molar-refractivity contribution in [3.05, 3.63) is 143 Å². The second-order valence-electron chi connectivity index (χ2n) is 13.6. The highest BCUT2D eigenvalue weighted by Crippen LogP contribution is 2.20. The van der Waals surface area contributed by atoms with Crippen LogP contribution >= 0.6 is 0 Å². The van der Waals surface area contributed by atoms with Gasteiger partial charge >= 0.3 is 11.9 Å². The first-order chi connectivity index (χ1) is 25.2. The number of hydrogen-bond acceptors (Lipinski definition) is 10. The van der Waals surface area contributed by atoms with Crippen LogP contribution in [0.1, 0.15) is 72.9 Å². The standard InChI is InChI=1S/C42H46N6O4/c1-29(2)35-13-5-31(6-14-35)27-33-9-17-37(18-10-33)45-41-43-23-25-47(41)51-39(49)21-22-40(50)52-48-26-24-44-42(48)46-38-19-11-34(12-20-38)28-32-7-15-36(16-8-32)30(3)4/h5-22,29-30H,23-28H2,1-4H3,(H,43,45)(H,44,46)/b22-21+. The zero-order valence-electron chi connectivity index (χ0n) is 30.2. The van der Waals surface area contributed by atoms with E-state index in [1.807, 2.05) is 24.3 Å². The lowest BCUT2D eigenvalue weighted by Crippen LogP contribution is -2.35. The molecule has 0 atom stereocenters. The summed E-state index contributed by atoms with van der Waals surface area (Å²) in [5, 5.41) is 9.20. The Kier molecular flexibility index (Phi) is 11.7. The Morgan fingerprint density at radius 3 is 1.23 bits per heavy atom. The van der Waals surface area contributed by atoms with E-state index < -0.39 is 11.9 Å². The van der Waals surface area contributed by atoms with Gasteiger partial charge in [-0.15, -0.1) is 0 Å². The first-order valence-electron chi connectivity index (χ1n) is 17.8. The molecule has 0 radical (unpaired) electrons. The molecule has 52 heavy (non-hydrogen) atoms. The Hall–Kier alpha value is -5.90. The number of anilines is 2. The van der Waals surface area contributed by atoms with E-state index in [0.717, 1.165) is 36.4 Å². The Labute approximate surface area is 305 Å². The monoisotopic (exact) mass is 698 g/mol. The van der Waals surface area contributed by atoms with Gasteiger partial charge in [0.1, 0.15) is 0 Å². The lowest BCUT2D eigenvalue weighted by atomic mass is 9.99. The Morgan fingerprint density at radius 1 is 0.577 bits per heavy atom. The van der Waals surface area contributed by atoms with Crippen molar-refractivity contribution in [2.24, 2.45) is 9.98 Å². The maximum absolute atomic E-state index is 12.6.